The largest absolute Gasteiger partial charge is 0.495 e. The maximum absolute atomic E-state index is 11.9. The van der Waals surface area contributed by atoms with Gasteiger partial charge in [0.05, 0.1) is 31.4 Å². The fourth-order valence-electron chi connectivity index (χ4n) is 3.07. The van der Waals surface area contributed by atoms with E-state index in [0.29, 0.717) is 18.2 Å². The summed E-state index contributed by atoms with van der Waals surface area (Å²) in [7, 11) is 5.14. The Morgan fingerprint density at radius 3 is 2.36 bits per heavy atom. The molecule has 1 fully saturated rings. The van der Waals surface area contributed by atoms with Crippen molar-refractivity contribution < 1.29 is 18.7 Å². The Morgan fingerprint density at radius 2 is 1.83 bits per heavy atom. The number of ether oxygens (including phenoxy) is 2. The number of likely N-dealkylation sites (N-methyl/N-ethyl adjacent to an activating group) is 1. The van der Waals surface area contributed by atoms with E-state index in [1.807, 2.05) is 53.9 Å². The Hall–Kier alpha value is -4.51. The molecule has 0 spiro atoms. The van der Waals surface area contributed by atoms with Gasteiger partial charge in [0.15, 0.2) is 5.76 Å². The standard InChI is InChI=1S/C18H22N4O3.C6H5F.C2H4.C2H2/c1-13-11-22(12-19-13)15-6-5-14(9-16(15)23-3)10-17-18(20-24-4)21(2)7-8-25-17;7-6-4-2-1-3-5-6;2*1-2/h5-6,9-12H,7-8H2,1-4H3;1-5H;1-2H2;1-2H/b17-10+,20-18-;;;. The van der Waals surface area contributed by atoms with Crippen molar-refractivity contribution in [3.63, 3.8) is 0 Å². The van der Waals surface area contributed by atoms with Crippen LogP contribution in [0.5, 0.6) is 5.75 Å². The van der Waals surface area contributed by atoms with Gasteiger partial charge >= 0.3 is 0 Å². The van der Waals surface area contributed by atoms with E-state index in [0.717, 1.165) is 29.2 Å². The van der Waals surface area contributed by atoms with E-state index in [-0.39, 0.29) is 5.82 Å². The van der Waals surface area contributed by atoms with E-state index in [2.05, 4.69) is 36.1 Å². The van der Waals surface area contributed by atoms with Crippen LogP contribution in [-0.2, 0) is 9.57 Å². The number of terminal acetylenes is 1. The van der Waals surface area contributed by atoms with Crippen LogP contribution in [0.4, 0.5) is 4.39 Å². The Kier molecular flexibility index (Phi) is 13.3. The Balaban J connectivity index is 0.000000496. The van der Waals surface area contributed by atoms with Crippen LogP contribution in [0.25, 0.3) is 11.8 Å². The first-order valence-electron chi connectivity index (χ1n) is 10.9. The third-order valence-electron chi connectivity index (χ3n) is 4.67. The van der Waals surface area contributed by atoms with Crippen molar-refractivity contribution in [3.05, 3.63) is 97.0 Å². The smallest absolute Gasteiger partial charge is 0.210 e. The second kappa shape index (κ2) is 16.2. The number of imidazole rings is 1. The highest BCUT2D eigenvalue weighted by atomic mass is 19.1. The Morgan fingerprint density at radius 1 is 1.14 bits per heavy atom. The highest BCUT2D eigenvalue weighted by Gasteiger charge is 2.20. The van der Waals surface area contributed by atoms with Crippen LogP contribution in [-0.4, -0.2) is 54.7 Å². The number of morpholine rings is 1. The van der Waals surface area contributed by atoms with E-state index in [1.54, 1.807) is 31.6 Å². The van der Waals surface area contributed by atoms with Crippen molar-refractivity contribution in [1.82, 2.24) is 14.5 Å². The van der Waals surface area contributed by atoms with E-state index in [1.165, 1.54) is 19.2 Å². The van der Waals surface area contributed by atoms with Crippen molar-refractivity contribution in [3.8, 4) is 24.3 Å². The third kappa shape index (κ3) is 8.69. The summed E-state index contributed by atoms with van der Waals surface area (Å²) in [5.74, 6) is 1.91. The predicted octanol–water partition coefficient (Wildman–Crippen LogP) is 5.33. The van der Waals surface area contributed by atoms with Gasteiger partial charge in [-0.15, -0.1) is 26.0 Å². The van der Waals surface area contributed by atoms with Gasteiger partial charge in [-0.25, -0.2) is 9.37 Å². The number of nitrogens with zero attached hydrogens (tertiary/aromatic N) is 4. The normalized spacial score (nSPS) is 14.1. The van der Waals surface area contributed by atoms with Crippen LogP contribution in [0.1, 0.15) is 11.3 Å². The molecule has 36 heavy (non-hydrogen) atoms. The molecule has 2 aromatic carbocycles. The number of aryl methyl sites for hydroxylation is 1. The summed E-state index contributed by atoms with van der Waals surface area (Å²) in [6, 6.07) is 13.9. The lowest BCUT2D eigenvalue weighted by Crippen LogP contribution is -2.37. The van der Waals surface area contributed by atoms with E-state index < -0.39 is 0 Å². The molecule has 1 aliphatic heterocycles. The number of hydrogen-bond donors (Lipinski definition) is 0. The average molecular weight is 493 g/mol. The maximum atomic E-state index is 11.9. The van der Waals surface area contributed by atoms with E-state index in [9.17, 15) is 4.39 Å². The molecule has 190 valence electrons. The zero-order valence-electron chi connectivity index (χ0n) is 21.2. The molecule has 8 heteroatoms. The first kappa shape index (κ1) is 29.5. The second-order valence-electron chi connectivity index (χ2n) is 7.03. The highest BCUT2D eigenvalue weighted by molar-refractivity contribution is 6.00. The molecule has 2 heterocycles. The maximum Gasteiger partial charge on any atom is 0.210 e. The van der Waals surface area contributed by atoms with E-state index >= 15 is 0 Å². The first-order valence-corrected chi connectivity index (χ1v) is 10.9. The van der Waals surface area contributed by atoms with Crippen LogP contribution in [0, 0.1) is 25.6 Å². The van der Waals surface area contributed by atoms with Crippen molar-refractivity contribution in [1.29, 1.82) is 0 Å². The molecule has 0 N–H and O–H groups in total. The summed E-state index contributed by atoms with van der Waals surface area (Å²) >= 11 is 0. The first-order chi connectivity index (χ1) is 17.5. The van der Waals surface area contributed by atoms with Gasteiger partial charge in [0.2, 0.25) is 5.84 Å². The molecule has 3 aromatic rings. The van der Waals surface area contributed by atoms with Crippen molar-refractivity contribution in [2.24, 2.45) is 5.16 Å². The number of oxime groups is 1. The molecule has 1 saturated heterocycles. The molecule has 1 aromatic heterocycles. The summed E-state index contributed by atoms with van der Waals surface area (Å²) in [5, 5.41) is 4.06. The number of methoxy groups -OCH3 is 1. The topological polar surface area (TPSA) is 61.1 Å². The van der Waals surface area contributed by atoms with Crippen LogP contribution in [0.15, 0.2) is 85.1 Å². The molecule has 7 nitrogen and oxygen atoms in total. The zero-order chi connectivity index (χ0) is 26.9. The number of amidine groups is 1. The molecular formula is C28H33FN4O3. The molecule has 1 aliphatic rings. The van der Waals surface area contributed by atoms with Gasteiger partial charge in [0, 0.05) is 13.2 Å². The van der Waals surface area contributed by atoms with Gasteiger partial charge < -0.3 is 23.8 Å². The molecule has 0 amide bonds. The molecule has 0 aliphatic carbocycles. The molecule has 0 unspecified atom stereocenters. The second-order valence-corrected chi connectivity index (χ2v) is 7.03. The molecule has 0 bridgehead atoms. The van der Waals surface area contributed by atoms with Crippen LogP contribution < -0.4 is 4.74 Å². The zero-order valence-corrected chi connectivity index (χ0v) is 21.2. The van der Waals surface area contributed by atoms with Crippen molar-refractivity contribution >= 4 is 11.9 Å². The van der Waals surface area contributed by atoms with Crippen LogP contribution >= 0.6 is 0 Å². The number of benzene rings is 2. The fraction of sp³-hybridized carbons (Fsp3) is 0.214. The molecule has 0 atom stereocenters. The molecule has 4 rings (SSSR count). The lowest BCUT2D eigenvalue weighted by Gasteiger charge is -2.27. The van der Waals surface area contributed by atoms with Gasteiger partial charge in [-0.1, -0.05) is 29.4 Å². The SMILES string of the molecule is C#C.C=C.CO/N=C1/C(=C\c2ccc(-n3cnc(C)c3)c(OC)c2)OCCN1C.Fc1ccccc1. The quantitative estimate of drug-likeness (QED) is 0.280. The van der Waals surface area contributed by atoms with Gasteiger partial charge in [-0.2, -0.15) is 0 Å². The minimum Gasteiger partial charge on any atom is -0.495 e. The van der Waals surface area contributed by atoms with Gasteiger partial charge in [-0.3, -0.25) is 0 Å². The number of hydrogen-bond acceptors (Lipinski definition) is 5. The highest BCUT2D eigenvalue weighted by Crippen LogP contribution is 2.26. The fourth-order valence-corrected chi connectivity index (χ4v) is 3.07. The van der Waals surface area contributed by atoms with Gasteiger partial charge in [-0.05, 0) is 42.8 Å². The summed E-state index contributed by atoms with van der Waals surface area (Å²) in [6.07, 6.45) is 13.7. The molecular weight excluding hydrogens is 459 g/mol. The number of halogens is 1. The summed E-state index contributed by atoms with van der Waals surface area (Å²) in [4.78, 5) is 11.2. The number of rotatable bonds is 4. The average Bonchev–Trinajstić information content (AvgIpc) is 3.35. The van der Waals surface area contributed by atoms with Crippen LogP contribution in [0.2, 0.25) is 0 Å². The lowest BCUT2D eigenvalue weighted by atomic mass is 10.1. The van der Waals surface area contributed by atoms with Gasteiger partial charge in [0.25, 0.3) is 0 Å². The Bertz CT molecular complexity index is 1140. The number of aromatic nitrogens is 2. The minimum atomic E-state index is -0.178. The van der Waals surface area contributed by atoms with Gasteiger partial charge in [0.1, 0.15) is 25.3 Å². The van der Waals surface area contributed by atoms with Crippen molar-refractivity contribution in [2.75, 3.05) is 34.4 Å². The molecule has 0 radical (unpaired) electrons. The summed E-state index contributed by atoms with van der Waals surface area (Å²) in [5.41, 5.74) is 2.83. The van der Waals surface area contributed by atoms with E-state index in [4.69, 9.17) is 14.3 Å². The summed E-state index contributed by atoms with van der Waals surface area (Å²) < 4.78 is 25.2. The van der Waals surface area contributed by atoms with Crippen LogP contribution in [0.3, 0.4) is 0 Å². The minimum absolute atomic E-state index is 0.178. The monoisotopic (exact) mass is 492 g/mol. The third-order valence-corrected chi connectivity index (χ3v) is 4.67. The summed E-state index contributed by atoms with van der Waals surface area (Å²) in [6.45, 7) is 9.33. The van der Waals surface area contributed by atoms with Crippen molar-refractivity contribution in [2.45, 2.75) is 6.92 Å². The predicted molar refractivity (Wildman–Crippen MR) is 143 cm³/mol. The molecule has 0 saturated carbocycles. The lowest BCUT2D eigenvalue weighted by molar-refractivity contribution is 0.161. The Labute approximate surface area is 213 Å².